The highest BCUT2D eigenvalue weighted by Crippen LogP contribution is 2.23. The second-order valence-electron chi connectivity index (χ2n) is 5.42. The first-order chi connectivity index (χ1) is 12.7. The lowest BCUT2D eigenvalue weighted by atomic mass is 10.2. The first kappa shape index (κ1) is 17.3. The summed E-state index contributed by atoms with van der Waals surface area (Å²) in [5.74, 6) is 0.519. The Hall–Kier alpha value is -3.48. The maximum Gasteiger partial charge on any atom is 0.340 e. The number of aromatic nitrogens is 3. The van der Waals surface area contributed by atoms with Crippen molar-refractivity contribution in [3.63, 3.8) is 0 Å². The van der Waals surface area contributed by atoms with Crippen LogP contribution in [0.15, 0.2) is 60.8 Å². The zero-order valence-corrected chi connectivity index (χ0v) is 14.6. The maximum atomic E-state index is 12.1. The zero-order valence-electron chi connectivity index (χ0n) is 14.6. The smallest absolute Gasteiger partial charge is 0.340 e. The van der Waals surface area contributed by atoms with Crippen molar-refractivity contribution in [2.45, 2.75) is 6.92 Å². The maximum absolute atomic E-state index is 12.1. The van der Waals surface area contributed by atoms with E-state index in [1.165, 1.54) is 0 Å². The lowest BCUT2D eigenvalue weighted by Gasteiger charge is -2.18. The summed E-state index contributed by atoms with van der Waals surface area (Å²) in [6, 6.07) is 16.9. The molecule has 1 heterocycles. The Morgan fingerprint density at radius 2 is 1.85 bits per heavy atom. The van der Waals surface area contributed by atoms with Crippen LogP contribution in [0.1, 0.15) is 17.3 Å². The van der Waals surface area contributed by atoms with E-state index in [0.29, 0.717) is 29.6 Å². The number of carbonyl (C=O) groups is 1. The molecule has 0 aliphatic carbocycles. The fourth-order valence-electron chi connectivity index (χ4n) is 2.39. The van der Waals surface area contributed by atoms with Gasteiger partial charge in [0.15, 0.2) is 5.82 Å². The molecule has 0 unspecified atom stereocenters. The normalized spacial score (nSPS) is 10.2. The lowest BCUT2D eigenvalue weighted by Crippen LogP contribution is -2.14. The third kappa shape index (κ3) is 3.94. The molecular formula is C19H19N5O2. The van der Waals surface area contributed by atoms with Gasteiger partial charge < -0.3 is 15.0 Å². The zero-order chi connectivity index (χ0) is 18.4. The number of ether oxygens (including phenoxy) is 1. The van der Waals surface area contributed by atoms with E-state index in [2.05, 4.69) is 20.5 Å². The Balaban J connectivity index is 1.85. The molecule has 2 aromatic carbocycles. The van der Waals surface area contributed by atoms with Crippen LogP contribution in [0, 0.1) is 0 Å². The number of benzene rings is 2. The van der Waals surface area contributed by atoms with Crippen molar-refractivity contribution < 1.29 is 9.53 Å². The molecule has 0 spiro atoms. The SMILES string of the molecule is CCOC(=O)c1ccccc1Nc1nncc(N(C)c2ccccc2)n1. The molecule has 1 N–H and O–H groups in total. The van der Waals surface area contributed by atoms with Crippen LogP contribution in [0.3, 0.4) is 0 Å². The van der Waals surface area contributed by atoms with Gasteiger partial charge in [0.05, 0.1) is 24.1 Å². The largest absolute Gasteiger partial charge is 0.462 e. The van der Waals surface area contributed by atoms with Crippen LogP contribution in [-0.4, -0.2) is 34.8 Å². The van der Waals surface area contributed by atoms with Crippen molar-refractivity contribution in [3.8, 4) is 0 Å². The van der Waals surface area contributed by atoms with Gasteiger partial charge in [0.2, 0.25) is 5.95 Å². The van der Waals surface area contributed by atoms with E-state index in [0.717, 1.165) is 5.69 Å². The lowest BCUT2D eigenvalue weighted by molar-refractivity contribution is 0.0527. The average molecular weight is 349 g/mol. The van der Waals surface area contributed by atoms with Crippen molar-refractivity contribution in [1.29, 1.82) is 0 Å². The molecule has 26 heavy (non-hydrogen) atoms. The summed E-state index contributed by atoms with van der Waals surface area (Å²) >= 11 is 0. The minimum absolute atomic E-state index is 0.294. The van der Waals surface area contributed by atoms with Crippen LogP contribution in [0.5, 0.6) is 0 Å². The van der Waals surface area contributed by atoms with Gasteiger partial charge >= 0.3 is 5.97 Å². The van der Waals surface area contributed by atoms with Crippen LogP contribution in [0.25, 0.3) is 0 Å². The van der Waals surface area contributed by atoms with Crippen molar-refractivity contribution in [2.24, 2.45) is 0 Å². The molecule has 0 atom stereocenters. The summed E-state index contributed by atoms with van der Waals surface area (Å²) in [5.41, 5.74) is 1.96. The second kappa shape index (κ2) is 8.06. The summed E-state index contributed by atoms with van der Waals surface area (Å²) in [7, 11) is 1.90. The Morgan fingerprint density at radius 3 is 2.62 bits per heavy atom. The molecule has 0 amide bonds. The van der Waals surface area contributed by atoms with Crippen LogP contribution < -0.4 is 10.2 Å². The molecule has 0 fully saturated rings. The van der Waals surface area contributed by atoms with Crippen molar-refractivity contribution >= 4 is 29.1 Å². The summed E-state index contributed by atoms with van der Waals surface area (Å²) in [6.45, 7) is 2.08. The van der Waals surface area contributed by atoms with Crippen LogP contribution >= 0.6 is 0 Å². The summed E-state index contributed by atoms with van der Waals surface area (Å²) in [6.07, 6.45) is 1.58. The number of nitrogens with one attached hydrogen (secondary N) is 1. The minimum Gasteiger partial charge on any atom is -0.462 e. The summed E-state index contributed by atoms with van der Waals surface area (Å²) < 4.78 is 5.08. The number of rotatable bonds is 6. The highest BCUT2D eigenvalue weighted by molar-refractivity contribution is 5.96. The van der Waals surface area contributed by atoms with Gasteiger partial charge in [-0.3, -0.25) is 0 Å². The predicted molar refractivity (Wildman–Crippen MR) is 100 cm³/mol. The summed E-state index contributed by atoms with van der Waals surface area (Å²) in [4.78, 5) is 18.5. The molecule has 3 rings (SSSR count). The Bertz CT molecular complexity index is 886. The molecule has 0 radical (unpaired) electrons. The van der Waals surface area contributed by atoms with Crippen LogP contribution in [0.2, 0.25) is 0 Å². The van der Waals surface area contributed by atoms with Crippen molar-refractivity contribution in [3.05, 3.63) is 66.4 Å². The highest BCUT2D eigenvalue weighted by atomic mass is 16.5. The number of nitrogens with zero attached hydrogens (tertiary/aromatic N) is 4. The molecule has 1 aromatic heterocycles. The molecule has 132 valence electrons. The highest BCUT2D eigenvalue weighted by Gasteiger charge is 2.14. The number of esters is 1. The average Bonchev–Trinajstić information content (AvgIpc) is 2.69. The standard InChI is InChI=1S/C19H19N5O2/c1-3-26-18(25)15-11-7-8-12-16(15)21-19-22-17(13-20-23-19)24(2)14-9-5-4-6-10-14/h4-13H,3H2,1-2H3,(H,21,22,23). The van der Waals surface area contributed by atoms with E-state index < -0.39 is 5.97 Å². The fraction of sp³-hybridized carbons (Fsp3) is 0.158. The molecule has 0 aliphatic heterocycles. The van der Waals surface area contributed by atoms with E-state index in [1.807, 2.05) is 48.3 Å². The number of anilines is 4. The van der Waals surface area contributed by atoms with Gasteiger partial charge in [-0.25, -0.2) is 4.79 Å². The van der Waals surface area contributed by atoms with Crippen LogP contribution in [-0.2, 0) is 4.74 Å². The van der Waals surface area contributed by atoms with Gasteiger partial charge in [0.25, 0.3) is 0 Å². The summed E-state index contributed by atoms with van der Waals surface area (Å²) in [5, 5.41) is 11.1. The predicted octanol–water partition coefficient (Wildman–Crippen LogP) is 3.56. The Kier molecular flexibility index (Phi) is 5.38. The van der Waals surface area contributed by atoms with Crippen molar-refractivity contribution in [1.82, 2.24) is 15.2 Å². The van der Waals surface area contributed by atoms with Gasteiger partial charge in [-0.05, 0) is 31.2 Å². The Labute approximate surface area is 151 Å². The van der Waals surface area contributed by atoms with Gasteiger partial charge in [-0.1, -0.05) is 30.3 Å². The van der Waals surface area contributed by atoms with Gasteiger partial charge in [-0.15, -0.1) is 5.10 Å². The molecule has 0 bridgehead atoms. The molecule has 7 heteroatoms. The quantitative estimate of drug-likeness (QED) is 0.682. The topological polar surface area (TPSA) is 80.2 Å². The third-order valence-corrected chi connectivity index (χ3v) is 3.70. The van der Waals surface area contributed by atoms with Gasteiger partial charge in [0, 0.05) is 12.7 Å². The molecule has 0 saturated carbocycles. The number of hydrogen-bond acceptors (Lipinski definition) is 7. The van der Waals surface area contributed by atoms with Crippen molar-refractivity contribution in [2.75, 3.05) is 23.9 Å². The first-order valence-electron chi connectivity index (χ1n) is 8.20. The molecule has 0 saturated heterocycles. The third-order valence-electron chi connectivity index (χ3n) is 3.70. The van der Waals surface area contributed by atoms with Gasteiger partial charge in [-0.2, -0.15) is 10.1 Å². The molecular weight excluding hydrogens is 330 g/mol. The first-order valence-corrected chi connectivity index (χ1v) is 8.20. The Morgan fingerprint density at radius 1 is 1.12 bits per heavy atom. The van der Waals surface area contributed by atoms with E-state index in [9.17, 15) is 4.79 Å². The fourth-order valence-corrected chi connectivity index (χ4v) is 2.39. The van der Waals surface area contributed by atoms with E-state index >= 15 is 0 Å². The van der Waals surface area contributed by atoms with E-state index in [4.69, 9.17) is 4.74 Å². The number of carbonyl (C=O) groups excluding carboxylic acids is 1. The molecule has 0 aliphatic rings. The second-order valence-corrected chi connectivity index (χ2v) is 5.42. The van der Waals surface area contributed by atoms with Gasteiger partial charge in [0.1, 0.15) is 0 Å². The monoisotopic (exact) mass is 349 g/mol. The molecule has 7 nitrogen and oxygen atoms in total. The molecule has 3 aromatic rings. The van der Waals surface area contributed by atoms with E-state index in [-0.39, 0.29) is 0 Å². The number of para-hydroxylation sites is 2. The van der Waals surface area contributed by atoms with Crippen LogP contribution in [0.4, 0.5) is 23.1 Å². The number of hydrogen-bond donors (Lipinski definition) is 1. The van der Waals surface area contributed by atoms with E-state index in [1.54, 1.807) is 31.3 Å². The minimum atomic E-state index is -0.402.